The zero-order valence-corrected chi connectivity index (χ0v) is 13.4. The Morgan fingerprint density at radius 3 is 1.86 bits per heavy atom. The summed E-state index contributed by atoms with van der Waals surface area (Å²) in [6, 6.07) is 7.89. The fraction of sp³-hybridized carbons (Fsp3) is 0.632. The number of benzene rings is 1. The van der Waals surface area contributed by atoms with E-state index in [0.29, 0.717) is 5.69 Å². The molecular formula is C19H29NO. The molecule has 1 aromatic rings. The molecule has 0 aliphatic rings. The molecule has 0 aliphatic heterocycles. The van der Waals surface area contributed by atoms with Gasteiger partial charge in [-0.2, -0.15) is 4.99 Å². The zero-order chi connectivity index (χ0) is 15.2. The fourth-order valence-electron chi connectivity index (χ4n) is 2.61. The van der Waals surface area contributed by atoms with E-state index in [-0.39, 0.29) is 0 Å². The Morgan fingerprint density at radius 1 is 0.810 bits per heavy atom. The lowest BCUT2D eigenvalue weighted by atomic mass is 10.0. The van der Waals surface area contributed by atoms with E-state index in [1.807, 2.05) is 12.1 Å². The molecule has 0 unspecified atom stereocenters. The number of unbranched alkanes of at least 4 members (excludes halogenated alkanes) is 9. The molecule has 0 aliphatic carbocycles. The summed E-state index contributed by atoms with van der Waals surface area (Å²) >= 11 is 0. The second-order valence-electron chi connectivity index (χ2n) is 5.80. The van der Waals surface area contributed by atoms with Crippen molar-refractivity contribution in [2.45, 2.75) is 77.6 Å². The number of hydrogen-bond donors (Lipinski definition) is 0. The van der Waals surface area contributed by atoms with Gasteiger partial charge in [0.1, 0.15) is 0 Å². The number of nitrogens with zero attached hydrogens (tertiary/aromatic N) is 1. The molecule has 0 atom stereocenters. The average Bonchev–Trinajstić information content (AvgIpc) is 2.51. The Bertz CT molecular complexity index is 404. The van der Waals surface area contributed by atoms with Crippen molar-refractivity contribution in [2.24, 2.45) is 4.99 Å². The SMILES string of the molecule is CCCCCCCCCCCCc1ccc(N=C=O)cc1. The molecule has 1 aromatic carbocycles. The number of rotatable bonds is 12. The summed E-state index contributed by atoms with van der Waals surface area (Å²) in [6.45, 7) is 2.27. The minimum absolute atomic E-state index is 0.692. The van der Waals surface area contributed by atoms with E-state index in [4.69, 9.17) is 0 Å². The van der Waals surface area contributed by atoms with Crippen molar-refractivity contribution < 1.29 is 4.79 Å². The molecule has 0 fully saturated rings. The topological polar surface area (TPSA) is 29.4 Å². The van der Waals surface area contributed by atoms with Gasteiger partial charge < -0.3 is 0 Å². The maximum Gasteiger partial charge on any atom is 0.240 e. The lowest BCUT2D eigenvalue weighted by Gasteiger charge is -2.03. The standard InChI is InChI=1S/C19H29NO/c1-2-3-4-5-6-7-8-9-10-11-12-18-13-15-19(16-14-18)20-17-21/h13-16H,2-12H2,1H3. The molecule has 0 aromatic heterocycles. The summed E-state index contributed by atoms with van der Waals surface area (Å²) in [4.78, 5) is 13.7. The lowest BCUT2D eigenvalue weighted by Crippen LogP contribution is -1.86. The van der Waals surface area contributed by atoms with Crippen LogP contribution < -0.4 is 0 Å². The van der Waals surface area contributed by atoms with Crippen LogP contribution in [-0.2, 0) is 11.2 Å². The third-order valence-electron chi connectivity index (χ3n) is 3.93. The Balaban J connectivity index is 1.97. The van der Waals surface area contributed by atoms with Crippen LogP contribution in [0.4, 0.5) is 5.69 Å². The van der Waals surface area contributed by atoms with E-state index < -0.39 is 0 Å². The molecule has 1 rings (SSSR count). The van der Waals surface area contributed by atoms with Gasteiger partial charge in [0.05, 0.1) is 5.69 Å². The maximum absolute atomic E-state index is 10.1. The predicted octanol–water partition coefficient (Wildman–Crippen LogP) is 6.12. The van der Waals surface area contributed by atoms with Gasteiger partial charge in [-0.15, -0.1) is 0 Å². The van der Waals surface area contributed by atoms with Gasteiger partial charge in [-0.3, -0.25) is 0 Å². The van der Waals surface area contributed by atoms with Gasteiger partial charge in [-0.25, -0.2) is 4.79 Å². The first-order valence-electron chi connectivity index (χ1n) is 8.53. The van der Waals surface area contributed by atoms with Gasteiger partial charge in [-0.1, -0.05) is 76.8 Å². The summed E-state index contributed by atoms with van der Waals surface area (Å²) in [5, 5.41) is 0. The highest BCUT2D eigenvalue weighted by atomic mass is 16.1. The van der Waals surface area contributed by atoms with Crippen LogP contribution in [0.1, 0.15) is 76.7 Å². The second-order valence-corrected chi connectivity index (χ2v) is 5.80. The van der Waals surface area contributed by atoms with Gasteiger partial charge in [0.25, 0.3) is 0 Å². The predicted molar refractivity (Wildman–Crippen MR) is 89.8 cm³/mol. The normalized spacial score (nSPS) is 10.3. The summed E-state index contributed by atoms with van der Waals surface area (Å²) in [5.74, 6) is 0. The molecule has 0 radical (unpaired) electrons. The Morgan fingerprint density at radius 2 is 1.33 bits per heavy atom. The third kappa shape index (κ3) is 9.20. The van der Waals surface area contributed by atoms with Crippen LogP contribution in [0, 0.1) is 0 Å². The molecule has 116 valence electrons. The molecule has 2 nitrogen and oxygen atoms in total. The minimum atomic E-state index is 0.692. The van der Waals surface area contributed by atoms with E-state index in [0.717, 1.165) is 6.42 Å². The van der Waals surface area contributed by atoms with E-state index in [2.05, 4.69) is 24.0 Å². The van der Waals surface area contributed by atoms with Crippen molar-refractivity contribution in [3.8, 4) is 0 Å². The van der Waals surface area contributed by atoms with Crippen molar-refractivity contribution in [3.63, 3.8) is 0 Å². The summed E-state index contributed by atoms with van der Waals surface area (Å²) in [7, 11) is 0. The van der Waals surface area contributed by atoms with Crippen LogP contribution in [-0.4, -0.2) is 6.08 Å². The molecule has 0 spiro atoms. The lowest BCUT2D eigenvalue weighted by molar-refractivity contribution is 0.556. The van der Waals surface area contributed by atoms with Crippen LogP contribution >= 0.6 is 0 Å². The summed E-state index contributed by atoms with van der Waals surface area (Å²) in [5.41, 5.74) is 2.02. The van der Waals surface area contributed by atoms with Gasteiger partial charge in [0, 0.05) is 0 Å². The minimum Gasteiger partial charge on any atom is -0.211 e. The van der Waals surface area contributed by atoms with E-state index in [1.54, 1.807) is 6.08 Å². The van der Waals surface area contributed by atoms with E-state index in [9.17, 15) is 4.79 Å². The highest BCUT2D eigenvalue weighted by Gasteiger charge is 1.96. The second kappa shape index (κ2) is 12.3. The first-order chi connectivity index (χ1) is 10.4. The van der Waals surface area contributed by atoms with Crippen LogP contribution in [0.25, 0.3) is 0 Å². The van der Waals surface area contributed by atoms with Crippen LogP contribution in [0.15, 0.2) is 29.3 Å². The van der Waals surface area contributed by atoms with Crippen LogP contribution in [0.5, 0.6) is 0 Å². The first-order valence-corrected chi connectivity index (χ1v) is 8.53. The van der Waals surface area contributed by atoms with E-state index >= 15 is 0 Å². The highest BCUT2D eigenvalue weighted by Crippen LogP contribution is 2.15. The van der Waals surface area contributed by atoms with E-state index in [1.165, 1.54) is 69.8 Å². The number of hydrogen-bond acceptors (Lipinski definition) is 2. The van der Waals surface area contributed by atoms with Crippen molar-refractivity contribution >= 4 is 11.8 Å². The Kier molecular flexibility index (Phi) is 10.4. The smallest absolute Gasteiger partial charge is 0.211 e. The molecule has 2 heteroatoms. The van der Waals surface area contributed by atoms with Gasteiger partial charge in [0.2, 0.25) is 6.08 Å². The average molecular weight is 287 g/mol. The molecular weight excluding hydrogens is 258 g/mol. The summed E-state index contributed by atoms with van der Waals surface area (Å²) < 4.78 is 0. The molecule has 0 N–H and O–H groups in total. The Hall–Kier alpha value is -1.40. The largest absolute Gasteiger partial charge is 0.240 e. The molecule has 0 bridgehead atoms. The number of aryl methyl sites for hydroxylation is 1. The van der Waals surface area contributed by atoms with Crippen LogP contribution in [0.2, 0.25) is 0 Å². The molecule has 0 saturated carbocycles. The van der Waals surface area contributed by atoms with Gasteiger partial charge in [0.15, 0.2) is 0 Å². The van der Waals surface area contributed by atoms with Crippen LogP contribution in [0.3, 0.4) is 0 Å². The number of isocyanates is 1. The third-order valence-corrected chi connectivity index (χ3v) is 3.93. The molecule has 0 heterocycles. The monoisotopic (exact) mass is 287 g/mol. The van der Waals surface area contributed by atoms with Crippen molar-refractivity contribution in [1.82, 2.24) is 0 Å². The zero-order valence-electron chi connectivity index (χ0n) is 13.4. The fourth-order valence-corrected chi connectivity index (χ4v) is 2.61. The molecule has 21 heavy (non-hydrogen) atoms. The molecule has 0 saturated heterocycles. The van der Waals surface area contributed by atoms with Crippen molar-refractivity contribution in [3.05, 3.63) is 29.8 Å². The van der Waals surface area contributed by atoms with Crippen molar-refractivity contribution in [1.29, 1.82) is 0 Å². The quantitative estimate of drug-likeness (QED) is 0.259. The van der Waals surface area contributed by atoms with Gasteiger partial charge in [-0.05, 0) is 30.5 Å². The number of carbonyl (C=O) groups excluding carboxylic acids is 1. The van der Waals surface area contributed by atoms with Crippen molar-refractivity contribution in [2.75, 3.05) is 0 Å². The first kappa shape index (κ1) is 17.7. The number of aliphatic imine (C=N–C) groups is 1. The summed E-state index contributed by atoms with van der Waals surface area (Å²) in [6.07, 6.45) is 16.4. The Labute approximate surface area is 129 Å². The highest BCUT2D eigenvalue weighted by molar-refractivity contribution is 5.49. The van der Waals surface area contributed by atoms with Gasteiger partial charge >= 0.3 is 0 Å². The maximum atomic E-state index is 10.1. The molecule has 0 amide bonds.